The van der Waals surface area contributed by atoms with Crippen LogP contribution >= 0.6 is 18.2 Å². The van der Waals surface area contributed by atoms with Gasteiger partial charge in [0.15, 0.2) is 5.41 Å². The van der Waals surface area contributed by atoms with Crippen molar-refractivity contribution in [2.45, 2.75) is 58.2 Å². The molecule has 1 N–H and O–H groups in total. The minimum absolute atomic E-state index is 0.0107. The van der Waals surface area contributed by atoms with E-state index < -0.39 is 77.2 Å². The first-order chi connectivity index (χ1) is 30.5. The molecule has 0 bridgehead atoms. The number of hydrogen-bond donors (Lipinski definition) is 1. The number of nitrogens with one attached hydrogen (secondary N) is 1. The summed E-state index contributed by atoms with van der Waals surface area (Å²) in [5, 5.41) is 11.0. The number of ether oxygens (including phenoxy) is 7. The van der Waals surface area contributed by atoms with Gasteiger partial charge in [-0.1, -0.05) is 54.6 Å². The lowest BCUT2D eigenvalue weighted by atomic mass is 9.79. The highest BCUT2D eigenvalue weighted by Gasteiger charge is 2.50. The van der Waals surface area contributed by atoms with E-state index in [4.69, 9.17) is 42.2 Å². The molecule has 5 atom stereocenters. The molecule has 64 heavy (non-hydrogen) atoms. The smallest absolute Gasteiger partial charge is 0.389 e. The van der Waals surface area contributed by atoms with E-state index in [1.165, 1.54) is 20.2 Å². The van der Waals surface area contributed by atoms with E-state index in [2.05, 4.69) is 11.1 Å². The number of nitrogens with zero attached hydrogens (tertiary/aromatic N) is 2. The maximum atomic E-state index is 15.0. The predicted molar refractivity (Wildman–Crippen MR) is 236 cm³/mol. The summed E-state index contributed by atoms with van der Waals surface area (Å²) in [5.74, 6) is -0.915. The van der Waals surface area contributed by atoms with Crippen molar-refractivity contribution in [2.24, 2.45) is 10.8 Å². The van der Waals surface area contributed by atoms with Gasteiger partial charge in [0.2, 0.25) is 0 Å². The summed E-state index contributed by atoms with van der Waals surface area (Å²) in [6.07, 6.45) is -2.11. The van der Waals surface area contributed by atoms with Gasteiger partial charge >= 0.3 is 24.4 Å². The van der Waals surface area contributed by atoms with Gasteiger partial charge in [0, 0.05) is 31.0 Å². The van der Waals surface area contributed by atoms with Crippen molar-refractivity contribution < 1.29 is 56.4 Å². The number of nitriles is 1. The Morgan fingerprint density at radius 2 is 1.48 bits per heavy atom. The normalized spacial score (nSPS) is 18.3. The Kier molecular flexibility index (Phi) is 16.8. The van der Waals surface area contributed by atoms with Gasteiger partial charge < -0.3 is 33.2 Å². The minimum Gasteiger partial charge on any atom is -0.497 e. The molecule has 1 fully saturated rings. The molecule has 19 heteroatoms. The molecule has 0 saturated carbocycles. The van der Waals surface area contributed by atoms with Gasteiger partial charge in [-0.15, -0.1) is 0 Å². The Morgan fingerprint density at radius 1 is 0.891 bits per heavy atom. The van der Waals surface area contributed by atoms with Crippen molar-refractivity contribution in [1.29, 1.82) is 5.26 Å². The molecule has 1 saturated heterocycles. The number of methoxy groups -OCH3 is 4. The summed E-state index contributed by atoms with van der Waals surface area (Å²) in [6, 6.07) is 25.7. The van der Waals surface area contributed by atoms with E-state index in [-0.39, 0.29) is 31.8 Å². The molecule has 2 heterocycles. The quantitative estimate of drug-likeness (QED) is 0.0419. The Morgan fingerprint density at radius 3 is 2.02 bits per heavy atom. The number of aromatic nitrogens is 2. The molecule has 1 aliphatic rings. The molecular weight excluding hydrogens is 870 g/mol. The summed E-state index contributed by atoms with van der Waals surface area (Å²) in [4.78, 5) is 54.2. The van der Waals surface area contributed by atoms with Gasteiger partial charge in [-0.2, -0.15) is 5.26 Å². The topological polar surface area (TPSA) is 213 Å². The van der Waals surface area contributed by atoms with Crippen LogP contribution in [0.25, 0.3) is 0 Å². The first-order valence-corrected chi connectivity index (χ1v) is 23.3. The van der Waals surface area contributed by atoms with Gasteiger partial charge in [-0.3, -0.25) is 33.0 Å². The van der Waals surface area contributed by atoms with Crippen LogP contribution in [-0.4, -0.2) is 94.3 Å². The van der Waals surface area contributed by atoms with E-state index in [9.17, 15) is 24.4 Å². The zero-order valence-corrected chi connectivity index (χ0v) is 38.7. The summed E-state index contributed by atoms with van der Waals surface area (Å²) < 4.78 is 68.4. The Bertz CT molecular complexity index is 2370. The zero-order chi connectivity index (χ0) is 46.7. The number of esters is 2. The van der Waals surface area contributed by atoms with Crippen molar-refractivity contribution in [2.75, 3.05) is 60.6 Å². The zero-order valence-electron chi connectivity index (χ0n) is 37.0. The molecule has 5 rings (SSSR count). The fraction of sp³-hybridized carbons (Fsp3) is 0.444. The summed E-state index contributed by atoms with van der Waals surface area (Å²) >= 11 is 0.559. The molecule has 2 unspecified atom stereocenters. The molecule has 1 aliphatic heterocycles. The SMILES string of the molecule is COCCOP(=O)(O[C@H]1C[C@H](n2cc(C)c(=O)[nH]c2=O)O[C@@H]1COC(=O)C(C)(C)C)SCC(C#N)(COC(c1ccccc1)(c1ccc(OC)cc1)c1ccc(OC)cc1)C(=O)OC. The first-order valence-electron chi connectivity index (χ1n) is 20.2. The maximum absolute atomic E-state index is 15.0. The number of benzene rings is 3. The van der Waals surface area contributed by atoms with Gasteiger partial charge in [0.25, 0.3) is 5.56 Å². The monoisotopic (exact) mass is 923 g/mol. The molecular formula is C45H54N3O14PS. The highest BCUT2D eigenvalue weighted by atomic mass is 32.7. The van der Waals surface area contributed by atoms with Crippen LogP contribution in [0.15, 0.2) is 94.6 Å². The van der Waals surface area contributed by atoms with Gasteiger partial charge in [0.1, 0.15) is 42.1 Å². The fourth-order valence-electron chi connectivity index (χ4n) is 6.76. The molecule has 4 aromatic rings. The number of carbonyl (C=O) groups excluding carboxylic acids is 2. The van der Waals surface area contributed by atoms with Crippen LogP contribution in [0, 0.1) is 29.1 Å². The second-order valence-corrected chi connectivity index (χ2v) is 19.9. The standard InChI is InChI=1S/C45H54N3O14PS/c1-30-25-48(42(52)47-39(30)49)38-24-36(37(61-38)26-58-40(50)43(2,3)4)62-63(53,60-23-22-54-5)64-29-44(27-46,41(51)57-8)28-59-45(31-12-10-9-11-13-31,32-14-18-34(55-6)19-15-32)33-16-20-35(56-7)21-17-33/h9-21,25,36-38H,22-24,26,28-29H2,1-8H3,(H,47,49,52)/t36-,37+,38+,44?,63?/m0/s1. The van der Waals surface area contributed by atoms with Crippen LogP contribution in [0.4, 0.5) is 0 Å². The van der Waals surface area contributed by atoms with Crippen LogP contribution in [-0.2, 0) is 52.5 Å². The van der Waals surface area contributed by atoms with Crippen molar-refractivity contribution >= 4 is 30.1 Å². The fourth-order valence-corrected chi connectivity index (χ4v) is 10.6. The second-order valence-electron chi connectivity index (χ2n) is 15.9. The van der Waals surface area contributed by atoms with Crippen LogP contribution in [0.5, 0.6) is 11.5 Å². The third kappa shape index (κ3) is 11.5. The summed E-state index contributed by atoms with van der Waals surface area (Å²) in [7, 11) is 5.64. The lowest BCUT2D eigenvalue weighted by Crippen LogP contribution is -2.43. The van der Waals surface area contributed by atoms with Crippen molar-refractivity contribution in [3.05, 3.63) is 128 Å². The molecule has 0 radical (unpaired) electrons. The average molecular weight is 924 g/mol. The third-order valence-corrected chi connectivity index (χ3v) is 14.3. The van der Waals surface area contributed by atoms with E-state index in [0.29, 0.717) is 39.6 Å². The lowest BCUT2D eigenvalue weighted by molar-refractivity contribution is -0.159. The number of hydrogen-bond acceptors (Lipinski definition) is 16. The van der Waals surface area contributed by atoms with Crippen LogP contribution in [0.3, 0.4) is 0 Å². The Hall–Kier alpha value is -5.25. The first kappa shape index (κ1) is 49.8. The van der Waals surface area contributed by atoms with Crippen LogP contribution in [0.2, 0.25) is 0 Å². The molecule has 0 amide bonds. The molecule has 3 aromatic carbocycles. The highest BCUT2D eigenvalue weighted by molar-refractivity contribution is 8.55. The molecule has 1 aromatic heterocycles. The van der Waals surface area contributed by atoms with E-state index >= 15 is 4.57 Å². The van der Waals surface area contributed by atoms with Crippen LogP contribution < -0.4 is 20.7 Å². The summed E-state index contributed by atoms with van der Waals surface area (Å²) in [5.41, 5.74) is -3.72. The second kappa shape index (κ2) is 21.6. The number of H-pyrrole nitrogens is 1. The van der Waals surface area contributed by atoms with Crippen molar-refractivity contribution in [3.63, 3.8) is 0 Å². The molecule has 344 valence electrons. The average Bonchev–Trinajstić information content (AvgIpc) is 3.69. The van der Waals surface area contributed by atoms with E-state index in [0.717, 1.165) is 11.7 Å². The van der Waals surface area contributed by atoms with Crippen molar-refractivity contribution in [3.8, 4) is 17.6 Å². The molecule has 0 aliphatic carbocycles. The van der Waals surface area contributed by atoms with E-state index in [1.54, 1.807) is 59.3 Å². The molecule has 0 spiro atoms. The lowest BCUT2D eigenvalue weighted by Gasteiger charge is -2.38. The Labute approximate surface area is 375 Å². The summed E-state index contributed by atoms with van der Waals surface area (Å²) in [6.45, 7) is 0.863. The van der Waals surface area contributed by atoms with Crippen molar-refractivity contribution in [1.82, 2.24) is 9.55 Å². The van der Waals surface area contributed by atoms with Crippen LogP contribution in [0.1, 0.15) is 55.7 Å². The maximum Gasteiger partial charge on any atom is 0.389 e. The van der Waals surface area contributed by atoms with Gasteiger partial charge in [-0.25, -0.2) is 9.36 Å². The number of rotatable bonds is 21. The number of carbonyl (C=O) groups is 2. The third-order valence-electron chi connectivity index (χ3n) is 10.4. The molecule has 17 nitrogen and oxygen atoms in total. The van der Waals surface area contributed by atoms with E-state index in [1.807, 2.05) is 54.6 Å². The highest BCUT2D eigenvalue weighted by Crippen LogP contribution is 2.64. The largest absolute Gasteiger partial charge is 0.497 e. The Balaban J connectivity index is 1.54. The number of aryl methyl sites for hydroxylation is 1. The van der Waals surface area contributed by atoms with Gasteiger partial charge in [-0.05, 0) is 80.0 Å². The minimum atomic E-state index is -4.45. The van der Waals surface area contributed by atoms with Gasteiger partial charge in [0.05, 0.1) is 52.6 Å². The predicted octanol–water partition coefficient (Wildman–Crippen LogP) is 6.32. The number of aromatic amines is 1.